The fourth-order valence-electron chi connectivity index (χ4n) is 4.95. The highest BCUT2D eigenvalue weighted by Gasteiger charge is 2.43. The van der Waals surface area contributed by atoms with Crippen molar-refractivity contribution in [3.05, 3.63) is 42.0 Å². The van der Waals surface area contributed by atoms with Crippen molar-refractivity contribution < 1.29 is 19.4 Å². The zero-order chi connectivity index (χ0) is 20.4. The lowest BCUT2D eigenvalue weighted by molar-refractivity contribution is -0.127. The lowest BCUT2D eigenvalue weighted by atomic mass is 9.77. The highest BCUT2D eigenvalue weighted by molar-refractivity contribution is 5.94. The van der Waals surface area contributed by atoms with E-state index >= 15 is 0 Å². The largest absolute Gasteiger partial charge is 0.494 e. The Morgan fingerprint density at radius 3 is 2.62 bits per heavy atom. The Kier molecular flexibility index (Phi) is 5.90. The van der Waals surface area contributed by atoms with E-state index in [2.05, 4.69) is 5.32 Å². The molecule has 1 saturated carbocycles. The minimum Gasteiger partial charge on any atom is -0.494 e. The number of hydrogen-bond acceptors (Lipinski definition) is 4. The van der Waals surface area contributed by atoms with Crippen LogP contribution < -0.4 is 10.1 Å². The number of benzene rings is 1. The number of nitrogens with one attached hydrogen (secondary N) is 1. The molecule has 6 heteroatoms. The summed E-state index contributed by atoms with van der Waals surface area (Å²) in [5.41, 5.74) is 0.633. The van der Waals surface area contributed by atoms with E-state index in [0.29, 0.717) is 43.3 Å². The third-order valence-electron chi connectivity index (χ3n) is 6.53. The maximum atomic E-state index is 13.0. The zero-order valence-corrected chi connectivity index (χ0v) is 16.9. The summed E-state index contributed by atoms with van der Waals surface area (Å²) in [5.74, 6) is 1.34. The minimum atomic E-state index is -0.550. The number of rotatable bonds is 5. The van der Waals surface area contributed by atoms with Crippen LogP contribution in [0.25, 0.3) is 0 Å². The van der Waals surface area contributed by atoms with Crippen molar-refractivity contribution >= 4 is 11.8 Å². The number of carbonyl (C=O) groups is 2. The smallest absolute Gasteiger partial charge is 0.254 e. The SMILES string of the molecule is CCOc1cccc(C(=O)N2C[C@H]3C[C@H](O)[C@@H](NC(=O)C4CC=CC4)C[C@H]3C2)c1. The maximum Gasteiger partial charge on any atom is 0.254 e. The number of aliphatic hydroxyl groups is 1. The third kappa shape index (κ3) is 4.32. The molecule has 1 saturated heterocycles. The molecular formula is C23H30N2O4. The molecule has 3 aliphatic rings. The summed E-state index contributed by atoms with van der Waals surface area (Å²) in [4.78, 5) is 27.3. The Balaban J connectivity index is 1.37. The quantitative estimate of drug-likeness (QED) is 0.747. The van der Waals surface area contributed by atoms with Crippen molar-refractivity contribution in [1.82, 2.24) is 10.2 Å². The molecule has 2 amide bonds. The number of nitrogens with zero attached hydrogens (tertiary/aromatic N) is 1. The van der Waals surface area contributed by atoms with Gasteiger partial charge in [0, 0.05) is 24.6 Å². The average molecular weight is 399 g/mol. The van der Waals surface area contributed by atoms with E-state index in [1.807, 2.05) is 42.2 Å². The maximum absolute atomic E-state index is 13.0. The molecule has 4 atom stereocenters. The number of allylic oxidation sites excluding steroid dienone is 2. The number of aliphatic hydroxyl groups excluding tert-OH is 1. The van der Waals surface area contributed by atoms with E-state index in [1.54, 1.807) is 6.07 Å². The van der Waals surface area contributed by atoms with Gasteiger partial charge in [-0.3, -0.25) is 9.59 Å². The van der Waals surface area contributed by atoms with Crippen LogP contribution in [0, 0.1) is 17.8 Å². The van der Waals surface area contributed by atoms with E-state index in [-0.39, 0.29) is 29.7 Å². The second-order valence-corrected chi connectivity index (χ2v) is 8.48. The van der Waals surface area contributed by atoms with Gasteiger partial charge in [0.15, 0.2) is 0 Å². The molecule has 0 aromatic heterocycles. The first-order valence-corrected chi connectivity index (χ1v) is 10.7. The van der Waals surface area contributed by atoms with Crippen LogP contribution in [0.1, 0.15) is 43.0 Å². The van der Waals surface area contributed by atoms with Gasteiger partial charge in [-0.05, 0) is 62.6 Å². The van der Waals surface area contributed by atoms with E-state index < -0.39 is 6.10 Å². The van der Waals surface area contributed by atoms with Gasteiger partial charge in [0.2, 0.25) is 5.91 Å². The lowest BCUT2D eigenvalue weighted by Gasteiger charge is -2.36. The average Bonchev–Trinajstić information content (AvgIpc) is 3.38. The van der Waals surface area contributed by atoms with Gasteiger partial charge in [0.1, 0.15) is 5.75 Å². The van der Waals surface area contributed by atoms with E-state index in [1.165, 1.54) is 0 Å². The molecular weight excluding hydrogens is 368 g/mol. The van der Waals surface area contributed by atoms with Crippen molar-refractivity contribution in [2.75, 3.05) is 19.7 Å². The first-order valence-electron chi connectivity index (χ1n) is 10.7. The number of hydrogen-bond donors (Lipinski definition) is 2. The van der Waals surface area contributed by atoms with Gasteiger partial charge in [-0.2, -0.15) is 0 Å². The van der Waals surface area contributed by atoms with E-state index in [0.717, 1.165) is 19.3 Å². The molecule has 1 heterocycles. The number of carbonyl (C=O) groups excluding carboxylic acids is 2. The molecule has 2 N–H and O–H groups in total. The molecule has 2 aliphatic carbocycles. The van der Waals surface area contributed by atoms with E-state index in [9.17, 15) is 14.7 Å². The Bertz CT molecular complexity index is 785. The van der Waals surface area contributed by atoms with Crippen LogP contribution in [-0.4, -0.2) is 53.7 Å². The molecule has 0 bridgehead atoms. The summed E-state index contributed by atoms with van der Waals surface area (Å²) in [6, 6.07) is 7.09. The van der Waals surface area contributed by atoms with Crippen LogP contribution in [0.4, 0.5) is 0 Å². The molecule has 4 rings (SSSR count). The van der Waals surface area contributed by atoms with Gasteiger partial charge in [-0.15, -0.1) is 0 Å². The van der Waals surface area contributed by atoms with Crippen LogP contribution in [0.15, 0.2) is 36.4 Å². The topological polar surface area (TPSA) is 78.9 Å². The van der Waals surface area contributed by atoms with Gasteiger partial charge in [-0.25, -0.2) is 0 Å². The minimum absolute atomic E-state index is 0.000746. The van der Waals surface area contributed by atoms with Crippen LogP contribution >= 0.6 is 0 Å². The van der Waals surface area contributed by atoms with Gasteiger partial charge in [0.25, 0.3) is 5.91 Å². The van der Waals surface area contributed by atoms with Crippen LogP contribution in [0.5, 0.6) is 5.75 Å². The van der Waals surface area contributed by atoms with Gasteiger partial charge in [-0.1, -0.05) is 18.2 Å². The number of ether oxygens (including phenoxy) is 1. The summed E-state index contributed by atoms with van der Waals surface area (Å²) < 4.78 is 5.51. The molecule has 0 spiro atoms. The number of fused-ring (bicyclic) bond motifs is 1. The molecule has 1 aliphatic heterocycles. The normalized spacial score (nSPS) is 29.0. The van der Waals surface area contributed by atoms with Gasteiger partial charge in [0.05, 0.1) is 18.8 Å². The Labute approximate surface area is 171 Å². The predicted molar refractivity (Wildman–Crippen MR) is 110 cm³/mol. The summed E-state index contributed by atoms with van der Waals surface area (Å²) >= 11 is 0. The molecule has 6 nitrogen and oxygen atoms in total. The molecule has 1 aromatic rings. The van der Waals surface area contributed by atoms with Crippen molar-refractivity contribution in [1.29, 1.82) is 0 Å². The molecule has 0 radical (unpaired) electrons. The van der Waals surface area contributed by atoms with Gasteiger partial charge < -0.3 is 20.1 Å². The Hall–Kier alpha value is -2.34. The summed E-state index contributed by atoms with van der Waals surface area (Å²) in [6.07, 6.45) is 6.44. The zero-order valence-electron chi connectivity index (χ0n) is 16.9. The van der Waals surface area contributed by atoms with Crippen molar-refractivity contribution in [3.8, 4) is 5.75 Å². The summed E-state index contributed by atoms with van der Waals surface area (Å²) in [7, 11) is 0. The second-order valence-electron chi connectivity index (χ2n) is 8.48. The number of amides is 2. The molecule has 1 aromatic carbocycles. The summed E-state index contributed by atoms with van der Waals surface area (Å²) in [6.45, 7) is 3.82. The Morgan fingerprint density at radius 2 is 1.90 bits per heavy atom. The van der Waals surface area contributed by atoms with Crippen LogP contribution in [-0.2, 0) is 4.79 Å². The summed E-state index contributed by atoms with van der Waals surface area (Å²) in [5, 5.41) is 13.7. The molecule has 29 heavy (non-hydrogen) atoms. The van der Waals surface area contributed by atoms with Crippen LogP contribution in [0.2, 0.25) is 0 Å². The van der Waals surface area contributed by atoms with Crippen molar-refractivity contribution in [2.24, 2.45) is 17.8 Å². The second kappa shape index (κ2) is 8.57. The fourth-order valence-corrected chi connectivity index (χ4v) is 4.95. The van der Waals surface area contributed by atoms with E-state index in [4.69, 9.17) is 4.74 Å². The first-order chi connectivity index (χ1) is 14.0. The molecule has 2 fully saturated rings. The standard InChI is InChI=1S/C23H30N2O4/c1-2-29-19-9-5-8-16(10-19)23(28)25-13-17-11-20(21(26)12-18(17)14-25)24-22(27)15-6-3-4-7-15/h3-5,8-10,15,17-18,20-21,26H,2,6-7,11-14H2,1H3,(H,24,27)/t17-,18+,20-,21-/m0/s1. The predicted octanol–water partition coefficient (Wildman–Crippen LogP) is 2.38. The van der Waals surface area contributed by atoms with Gasteiger partial charge >= 0.3 is 0 Å². The van der Waals surface area contributed by atoms with Crippen LogP contribution in [0.3, 0.4) is 0 Å². The first kappa shape index (κ1) is 20.0. The highest BCUT2D eigenvalue weighted by Crippen LogP contribution is 2.37. The lowest BCUT2D eigenvalue weighted by Crippen LogP contribution is -2.50. The molecule has 156 valence electrons. The Morgan fingerprint density at radius 1 is 1.17 bits per heavy atom. The van der Waals surface area contributed by atoms with Crippen molar-refractivity contribution in [2.45, 2.75) is 44.8 Å². The number of likely N-dealkylation sites (tertiary alicyclic amines) is 1. The van der Waals surface area contributed by atoms with Crippen molar-refractivity contribution in [3.63, 3.8) is 0 Å². The molecule has 0 unspecified atom stereocenters. The highest BCUT2D eigenvalue weighted by atomic mass is 16.5. The fraction of sp³-hybridized carbons (Fsp3) is 0.565. The third-order valence-corrected chi connectivity index (χ3v) is 6.53. The monoisotopic (exact) mass is 398 g/mol.